The topological polar surface area (TPSA) is 36.9 Å². The number of ether oxygens (including phenoxy) is 4. The molecule has 4 heteroatoms. The summed E-state index contributed by atoms with van der Waals surface area (Å²) < 4.78 is 25.9. The van der Waals surface area contributed by atoms with Crippen LogP contribution in [0.15, 0.2) is 0 Å². The third-order valence-electron chi connectivity index (χ3n) is 12.2. The lowest BCUT2D eigenvalue weighted by Crippen LogP contribution is -2.56. The Hall–Kier alpha value is -0.160. The Bertz CT molecular complexity index is 693. The highest BCUT2D eigenvalue weighted by Crippen LogP contribution is 2.87. The van der Waals surface area contributed by atoms with Crippen LogP contribution in [0.25, 0.3) is 0 Å². The van der Waals surface area contributed by atoms with Crippen molar-refractivity contribution in [1.29, 1.82) is 0 Å². The van der Waals surface area contributed by atoms with Crippen LogP contribution in [-0.2, 0) is 18.9 Å². The van der Waals surface area contributed by atoms with Gasteiger partial charge in [-0.05, 0) is 84.9 Å². The van der Waals surface area contributed by atoms with Gasteiger partial charge in [0.2, 0.25) is 0 Å². The van der Waals surface area contributed by atoms with E-state index in [-0.39, 0.29) is 23.4 Å². The largest absolute Gasteiger partial charge is 0.355 e. The van der Waals surface area contributed by atoms with Gasteiger partial charge in [0.15, 0.2) is 12.6 Å². The van der Waals surface area contributed by atoms with E-state index in [1.165, 1.54) is 25.7 Å². The van der Waals surface area contributed by atoms with Gasteiger partial charge in [-0.25, -0.2) is 0 Å². The third-order valence-corrected chi connectivity index (χ3v) is 12.2. The summed E-state index contributed by atoms with van der Waals surface area (Å²) in [5.41, 5.74) is 0.396. The first-order chi connectivity index (χ1) is 13.6. The van der Waals surface area contributed by atoms with Crippen LogP contribution in [0.5, 0.6) is 0 Å². The van der Waals surface area contributed by atoms with E-state index in [1.807, 2.05) is 14.2 Å². The van der Waals surface area contributed by atoms with Crippen molar-refractivity contribution in [1.82, 2.24) is 0 Å². The molecule has 28 heavy (non-hydrogen) atoms. The normalized spacial score (nSPS) is 74.1. The van der Waals surface area contributed by atoms with E-state index in [0.717, 1.165) is 59.2 Å². The minimum atomic E-state index is -0.00329. The Balaban J connectivity index is 1.41. The van der Waals surface area contributed by atoms with Crippen molar-refractivity contribution < 1.29 is 18.9 Å². The molecule has 0 bridgehead atoms. The van der Waals surface area contributed by atoms with Gasteiger partial charge >= 0.3 is 0 Å². The van der Waals surface area contributed by atoms with Crippen molar-refractivity contribution in [2.45, 2.75) is 64.3 Å². The van der Waals surface area contributed by atoms with E-state index >= 15 is 0 Å². The zero-order valence-corrected chi connectivity index (χ0v) is 17.5. The van der Waals surface area contributed by atoms with E-state index in [9.17, 15) is 0 Å². The molecule has 0 N–H and O–H groups in total. The van der Waals surface area contributed by atoms with Crippen molar-refractivity contribution in [3.63, 3.8) is 0 Å². The monoisotopic (exact) mass is 386 g/mol. The van der Waals surface area contributed by atoms with Gasteiger partial charge in [-0.2, -0.15) is 0 Å². The number of methoxy groups -OCH3 is 2. The van der Waals surface area contributed by atoms with E-state index in [4.69, 9.17) is 18.9 Å². The maximum Gasteiger partial charge on any atom is 0.163 e. The molecule has 0 spiro atoms. The quantitative estimate of drug-likeness (QED) is 0.727. The molecule has 8 rings (SSSR count). The van der Waals surface area contributed by atoms with Crippen LogP contribution in [0.1, 0.15) is 39.5 Å². The molecule has 0 aromatic heterocycles. The first-order valence-corrected chi connectivity index (χ1v) is 11.9. The van der Waals surface area contributed by atoms with E-state index in [0.29, 0.717) is 12.2 Å². The Morgan fingerprint density at radius 1 is 0.607 bits per heavy atom. The smallest absolute Gasteiger partial charge is 0.163 e. The summed E-state index contributed by atoms with van der Waals surface area (Å²) in [6.45, 7) is 5.17. The first kappa shape index (κ1) is 16.5. The second-order valence-corrected chi connectivity index (χ2v) is 12.1. The number of hydrogen-bond acceptors (Lipinski definition) is 4. The number of fused-ring (bicyclic) bond motifs is 4. The van der Waals surface area contributed by atoms with Crippen molar-refractivity contribution in [3.8, 4) is 0 Å². The summed E-state index contributed by atoms with van der Waals surface area (Å²) >= 11 is 0. The summed E-state index contributed by atoms with van der Waals surface area (Å²) in [6, 6.07) is 0. The summed E-state index contributed by atoms with van der Waals surface area (Å²) in [5.74, 6) is 7.96. The minimum Gasteiger partial charge on any atom is -0.355 e. The minimum absolute atomic E-state index is 0.00329. The van der Waals surface area contributed by atoms with E-state index in [1.54, 1.807) is 0 Å². The molecule has 4 nitrogen and oxygen atoms in total. The van der Waals surface area contributed by atoms with Gasteiger partial charge < -0.3 is 18.9 Å². The predicted molar refractivity (Wildman–Crippen MR) is 101 cm³/mol. The molecule has 2 aliphatic heterocycles. The standard InChI is InChI=1S/C24H34O4/c1-23-17-9-5-7-12-14(9)20-15(17)16-18(24(20,2)22(26-4)28-12)10-6-8-11(13(10)19(16)23)27-21(23)25-3/h9-22H,5-8H2,1-4H3/t9-,10-,11-,12+,13+,14-,15-,16-,17+,18-,19-,20+,21+,22+,23+,24+/m1/s1. The lowest BCUT2D eigenvalue weighted by molar-refractivity contribution is -0.287. The van der Waals surface area contributed by atoms with Gasteiger partial charge in [-0.15, -0.1) is 0 Å². The molecule has 16 atom stereocenters. The van der Waals surface area contributed by atoms with Gasteiger partial charge in [0, 0.05) is 25.0 Å². The highest BCUT2D eigenvalue weighted by atomic mass is 16.7. The van der Waals surface area contributed by atoms with Crippen LogP contribution in [0.2, 0.25) is 0 Å². The van der Waals surface area contributed by atoms with Gasteiger partial charge in [-0.3, -0.25) is 0 Å². The molecule has 6 aliphatic carbocycles. The van der Waals surface area contributed by atoms with Crippen LogP contribution < -0.4 is 0 Å². The molecule has 8 fully saturated rings. The SMILES string of the molecule is CO[C@H]1O[C@H]2CC[C@@H]3[C@H]2[C@H]2[C@@H]4[C@H]5[C@H]6[C@H]7[C@@H](CC[C@H]7O[C@H](OC)[C@@]6(C)[C@@H]34)[C@H]5[C@]12C. The second-order valence-electron chi connectivity index (χ2n) is 12.1. The molecule has 2 saturated heterocycles. The maximum atomic E-state index is 6.78. The highest BCUT2D eigenvalue weighted by Gasteiger charge is 2.87. The Labute approximate surface area is 168 Å². The summed E-state index contributed by atoms with van der Waals surface area (Å²) in [6.07, 6.45) is 5.99. The molecule has 0 radical (unpaired) electrons. The molecule has 6 saturated carbocycles. The van der Waals surface area contributed by atoms with Crippen molar-refractivity contribution >= 4 is 0 Å². The molecular weight excluding hydrogens is 352 g/mol. The Morgan fingerprint density at radius 3 is 1.43 bits per heavy atom. The summed E-state index contributed by atoms with van der Waals surface area (Å²) in [4.78, 5) is 0. The van der Waals surface area contributed by atoms with Gasteiger partial charge in [0.05, 0.1) is 12.2 Å². The fraction of sp³-hybridized carbons (Fsp3) is 1.00. The zero-order chi connectivity index (χ0) is 18.7. The van der Waals surface area contributed by atoms with E-state index < -0.39 is 0 Å². The Morgan fingerprint density at radius 2 is 1.04 bits per heavy atom. The third kappa shape index (κ3) is 1.32. The molecule has 2 heterocycles. The number of rotatable bonds is 2. The molecule has 154 valence electrons. The van der Waals surface area contributed by atoms with Gasteiger partial charge in [0.25, 0.3) is 0 Å². The predicted octanol–water partition coefficient (Wildman–Crippen LogP) is 3.55. The van der Waals surface area contributed by atoms with Crippen LogP contribution in [0.3, 0.4) is 0 Å². The molecule has 8 aliphatic rings. The molecule has 0 aromatic rings. The number of hydrogen-bond donors (Lipinski definition) is 0. The van der Waals surface area contributed by atoms with E-state index in [2.05, 4.69) is 13.8 Å². The first-order valence-electron chi connectivity index (χ1n) is 11.9. The second kappa shape index (κ2) is 4.69. The molecule has 0 amide bonds. The lowest BCUT2D eigenvalue weighted by Gasteiger charge is -2.53. The average Bonchev–Trinajstić information content (AvgIpc) is 3.44. The van der Waals surface area contributed by atoms with Crippen LogP contribution >= 0.6 is 0 Å². The zero-order valence-electron chi connectivity index (χ0n) is 17.5. The maximum absolute atomic E-state index is 6.78. The van der Waals surface area contributed by atoms with Crippen molar-refractivity contribution in [2.24, 2.45) is 70.0 Å². The fourth-order valence-corrected chi connectivity index (χ4v) is 12.4. The lowest BCUT2D eigenvalue weighted by atomic mass is 9.61. The fourth-order valence-electron chi connectivity index (χ4n) is 12.4. The van der Waals surface area contributed by atoms with Crippen LogP contribution in [0, 0.1) is 70.0 Å². The van der Waals surface area contributed by atoms with Crippen molar-refractivity contribution in [2.75, 3.05) is 14.2 Å². The summed E-state index contributed by atoms with van der Waals surface area (Å²) in [7, 11) is 3.80. The average molecular weight is 387 g/mol. The van der Waals surface area contributed by atoms with Gasteiger partial charge in [-0.1, -0.05) is 13.8 Å². The summed E-state index contributed by atoms with van der Waals surface area (Å²) in [5, 5.41) is 0. The van der Waals surface area contributed by atoms with Gasteiger partial charge in [0.1, 0.15) is 0 Å². The molecule has 0 aromatic carbocycles. The Kier molecular flexibility index (Phi) is 2.77. The molecule has 0 unspecified atom stereocenters. The molecular formula is C24H34O4. The van der Waals surface area contributed by atoms with Crippen molar-refractivity contribution in [3.05, 3.63) is 0 Å². The highest BCUT2D eigenvalue weighted by molar-refractivity contribution is 5.32. The van der Waals surface area contributed by atoms with Crippen LogP contribution in [0.4, 0.5) is 0 Å². The van der Waals surface area contributed by atoms with Crippen LogP contribution in [-0.4, -0.2) is 39.0 Å².